The highest BCUT2D eigenvalue weighted by atomic mass is 16.1. The lowest BCUT2D eigenvalue weighted by molar-refractivity contribution is -0.111. The van der Waals surface area contributed by atoms with Crippen molar-refractivity contribution in [2.45, 2.75) is 46.5 Å². The van der Waals surface area contributed by atoms with Crippen molar-refractivity contribution in [1.82, 2.24) is 0 Å². The summed E-state index contributed by atoms with van der Waals surface area (Å²) in [6.45, 7) is 6.51. The van der Waals surface area contributed by atoms with Crippen LogP contribution in [0.5, 0.6) is 0 Å². The maximum Gasteiger partial charge on any atom is 0.123 e. The van der Waals surface area contributed by atoms with Gasteiger partial charge in [0.2, 0.25) is 0 Å². The first-order chi connectivity index (χ1) is 5.24. The first-order valence-corrected chi connectivity index (χ1v) is 4.69. The normalized spacial score (nSPS) is 15.9. The molecule has 0 N–H and O–H groups in total. The molecule has 0 saturated heterocycles. The van der Waals surface area contributed by atoms with E-state index in [1.807, 2.05) is 0 Å². The van der Waals surface area contributed by atoms with Gasteiger partial charge in [-0.1, -0.05) is 33.6 Å². The van der Waals surface area contributed by atoms with E-state index in [0.29, 0.717) is 5.92 Å². The molecule has 1 nitrogen and oxygen atoms in total. The highest BCUT2D eigenvalue weighted by Gasteiger charge is 2.08. The molecular weight excluding hydrogens is 136 g/mol. The minimum atomic E-state index is 0.302. The molecule has 0 amide bonds. The number of aldehydes is 1. The van der Waals surface area contributed by atoms with Gasteiger partial charge in [0.05, 0.1) is 0 Å². The van der Waals surface area contributed by atoms with Crippen LogP contribution in [0, 0.1) is 11.8 Å². The molecular formula is C10H20O. The van der Waals surface area contributed by atoms with Crippen LogP contribution in [-0.2, 0) is 4.79 Å². The number of carbonyl (C=O) groups excluding carboxylic acids is 1. The molecule has 0 spiro atoms. The summed E-state index contributed by atoms with van der Waals surface area (Å²) in [5.41, 5.74) is 0. The molecule has 2 unspecified atom stereocenters. The number of rotatable bonds is 6. The van der Waals surface area contributed by atoms with Gasteiger partial charge < -0.3 is 4.79 Å². The summed E-state index contributed by atoms with van der Waals surface area (Å²) >= 11 is 0. The molecule has 0 heterocycles. The molecule has 0 bridgehead atoms. The van der Waals surface area contributed by atoms with Crippen molar-refractivity contribution in [3.63, 3.8) is 0 Å². The Morgan fingerprint density at radius 2 is 2.00 bits per heavy atom. The fourth-order valence-corrected chi connectivity index (χ4v) is 1.45. The number of carbonyl (C=O) groups is 1. The molecule has 0 aliphatic rings. The van der Waals surface area contributed by atoms with E-state index in [-0.39, 0.29) is 0 Å². The zero-order chi connectivity index (χ0) is 8.69. The van der Waals surface area contributed by atoms with E-state index in [2.05, 4.69) is 20.8 Å². The summed E-state index contributed by atoms with van der Waals surface area (Å²) < 4.78 is 0. The van der Waals surface area contributed by atoms with Crippen molar-refractivity contribution in [1.29, 1.82) is 0 Å². The Kier molecular flexibility index (Phi) is 6.19. The lowest BCUT2D eigenvalue weighted by Gasteiger charge is -2.13. The van der Waals surface area contributed by atoms with Gasteiger partial charge in [0.25, 0.3) is 0 Å². The Balaban J connectivity index is 3.53. The van der Waals surface area contributed by atoms with E-state index in [1.165, 1.54) is 12.8 Å². The van der Waals surface area contributed by atoms with Crippen molar-refractivity contribution in [3.05, 3.63) is 0 Å². The summed E-state index contributed by atoms with van der Waals surface area (Å²) in [6, 6.07) is 0. The van der Waals surface area contributed by atoms with E-state index in [4.69, 9.17) is 0 Å². The molecule has 1 heteroatoms. The van der Waals surface area contributed by atoms with Gasteiger partial charge in [-0.15, -0.1) is 0 Å². The first-order valence-electron chi connectivity index (χ1n) is 4.69. The van der Waals surface area contributed by atoms with Gasteiger partial charge in [0, 0.05) is 5.92 Å². The minimum absolute atomic E-state index is 0.302. The Morgan fingerprint density at radius 3 is 2.36 bits per heavy atom. The molecule has 0 aromatic carbocycles. The van der Waals surface area contributed by atoms with E-state index in [0.717, 1.165) is 25.0 Å². The Labute approximate surface area is 70.2 Å². The van der Waals surface area contributed by atoms with Crippen LogP contribution in [-0.4, -0.2) is 6.29 Å². The van der Waals surface area contributed by atoms with Crippen LogP contribution in [0.3, 0.4) is 0 Å². The molecule has 0 aromatic heterocycles. The lowest BCUT2D eigenvalue weighted by atomic mass is 9.92. The fourth-order valence-electron chi connectivity index (χ4n) is 1.45. The predicted molar refractivity (Wildman–Crippen MR) is 48.5 cm³/mol. The smallest absolute Gasteiger partial charge is 0.123 e. The quantitative estimate of drug-likeness (QED) is 0.540. The van der Waals surface area contributed by atoms with Crippen LogP contribution in [0.1, 0.15) is 46.5 Å². The Bertz CT molecular complexity index is 99.0. The molecule has 0 rings (SSSR count). The van der Waals surface area contributed by atoms with Crippen molar-refractivity contribution in [2.24, 2.45) is 11.8 Å². The molecule has 0 aromatic rings. The third-order valence-electron chi connectivity index (χ3n) is 2.20. The van der Waals surface area contributed by atoms with E-state index in [1.54, 1.807) is 0 Å². The highest BCUT2D eigenvalue weighted by molar-refractivity contribution is 5.53. The van der Waals surface area contributed by atoms with Crippen molar-refractivity contribution >= 4 is 6.29 Å². The first kappa shape index (κ1) is 10.7. The van der Waals surface area contributed by atoms with Gasteiger partial charge in [-0.25, -0.2) is 0 Å². The van der Waals surface area contributed by atoms with Crippen LogP contribution < -0.4 is 0 Å². The topological polar surface area (TPSA) is 17.1 Å². The molecule has 0 radical (unpaired) electrons. The summed E-state index contributed by atoms with van der Waals surface area (Å²) in [5, 5.41) is 0. The van der Waals surface area contributed by atoms with Gasteiger partial charge in [0.1, 0.15) is 6.29 Å². The average Bonchev–Trinajstić information content (AvgIpc) is 2.01. The van der Waals surface area contributed by atoms with Crippen LogP contribution in [0.15, 0.2) is 0 Å². The van der Waals surface area contributed by atoms with Gasteiger partial charge in [0.15, 0.2) is 0 Å². The van der Waals surface area contributed by atoms with E-state index < -0.39 is 0 Å². The fraction of sp³-hybridized carbons (Fsp3) is 0.900. The third kappa shape index (κ3) is 5.00. The molecule has 0 aliphatic heterocycles. The SMILES string of the molecule is CCCC(C)CC(C=O)CC. The van der Waals surface area contributed by atoms with E-state index in [9.17, 15) is 4.79 Å². The summed E-state index contributed by atoms with van der Waals surface area (Å²) in [5.74, 6) is 1.02. The van der Waals surface area contributed by atoms with Crippen LogP contribution in [0.2, 0.25) is 0 Å². The predicted octanol–water partition coefficient (Wildman–Crippen LogP) is 3.04. The maximum atomic E-state index is 10.5. The molecule has 11 heavy (non-hydrogen) atoms. The maximum absolute atomic E-state index is 10.5. The molecule has 66 valence electrons. The summed E-state index contributed by atoms with van der Waals surface area (Å²) in [4.78, 5) is 10.5. The highest BCUT2D eigenvalue weighted by Crippen LogP contribution is 2.17. The largest absolute Gasteiger partial charge is 0.303 e. The second-order valence-electron chi connectivity index (χ2n) is 3.43. The van der Waals surface area contributed by atoms with Gasteiger partial charge in [-0.3, -0.25) is 0 Å². The van der Waals surface area contributed by atoms with Crippen LogP contribution in [0.4, 0.5) is 0 Å². The molecule has 0 saturated carbocycles. The zero-order valence-corrected chi connectivity index (χ0v) is 7.97. The average molecular weight is 156 g/mol. The summed E-state index contributed by atoms with van der Waals surface area (Å²) in [7, 11) is 0. The monoisotopic (exact) mass is 156 g/mol. The molecule has 0 fully saturated rings. The van der Waals surface area contributed by atoms with Crippen LogP contribution >= 0.6 is 0 Å². The Morgan fingerprint density at radius 1 is 1.36 bits per heavy atom. The minimum Gasteiger partial charge on any atom is -0.303 e. The zero-order valence-electron chi connectivity index (χ0n) is 7.97. The van der Waals surface area contributed by atoms with Crippen molar-refractivity contribution < 1.29 is 4.79 Å². The van der Waals surface area contributed by atoms with Gasteiger partial charge in [-0.2, -0.15) is 0 Å². The number of hydrogen-bond donors (Lipinski definition) is 0. The van der Waals surface area contributed by atoms with Gasteiger partial charge in [-0.05, 0) is 18.8 Å². The second kappa shape index (κ2) is 6.38. The third-order valence-corrected chi connectivity index (χ3v) is 2.20. The lowest BCUT2D eigenvalue weighted by Crippen LogP contribution is -2.06. The Hall–Kier alpha value is -0.330. The molecule has 0 aliphatic carbocycles. The van der Waals surface area contributed by atoms with Crippen LogP contribution in [0.25, 0.3) is 0 Å². The van der Waals surface area contributed by atoms with E-state index >= 15 is 0 Å². The standard InChI is InChI=1S/C10H20O/c1-4-6-9(3)7-10(5-2)8-11/h8-10H,4-7H2,1-3H3. The van der Waals surface area contributed by atoms with Gasteiger partial charge >= 0.3 is 0 Å². The molecule has 2 atom stereocenters. The van der Waals surface area contributed by atoms with Crippen molar-refractivity contribution in [2.75, 3.05) is 0 Å². The second-order valence-corrected chi connectivity index (χ2v) is 3.43. The van der Waals surface area contributed by atoms with Crippen molar-refractivity contribution in [3.8, 4) is 0 Å². The summed E-state index contributed by atoms with van der Waals surface area (Å²) in [6.07, 6.45) is 5.67. The number of hydrogen-bond acceptors (Lipinski definition) is 1.